The molecule has 1 N–H and O–H groups in total. The first-order chi connectivity index (χ1) is 9.78. The van der Waals surface area contributed by atoms with E-state index in [1.165, 1.54) is 5.56 Å². The van der Waals surface area contributed by atoms with Gasteiger partial charge in [0, 0.05) is 12.2 Å². The van der Waals surface area contributed by atoms with Gasteiger partial charge in [-0.3, -0.25) is 0 Å². The van der Waals surface area contributed by atoms with E-state index >= 15 is 0 Å². The number of benzene rings is 2. The predicted molar refractivity (Wildman–Crippen MR) is 82.8 cm³/mol. The highest BCUT2D eigenvalue weighted by Gasteiger charge is 1.96. The molecule has 0 radical (unpaired) electrons. The molecule has 20 heavy (non-hydrogen) atoms. The van der Waals surface area contributed by atoms with Gasteiger partial charge in [-0.15, -0.1) is 0 Å². The van der Waals surface area contributed by atoms with E-state index in [4.69, 9.17) is 9.47 Å². The summed E-state index contributed by atoms with van der Waals surface area (Å²) in [6.07, 6.45) is 0. The number of ether oxygens (including phenoxy) is 2. The standard InChI is InChI=1S/C17H21NO2/c1-3-19-16-8-10-17(11-9-16)20-13-12-18-15-6-4-14(2)5-7-15/h4-11,18H,3,12-13H2,1-2H3. The molecule has 2 rings (SSSR count). The first-order valence-corrected chi connectivity index (χ1v) is 6.94. The summed E-state index contributed by atoms with van der Waals surface area (Å²) < 4.78 is 11.1. The van der Waals surface area contributed by atoms with Crippen LogP contribution in [0.2, 0.25) is 0 Å². The van der Waals surface area contributed by atoms with Gasteiger partial charge in [0.1, 0.15) is 18.1 Å². The van der Waals surface area contributed by atoms with Crippen molar-refractivity contribution in [3.8, 4) is 11.5 Å². The number of hydrogen-bond acceptors (Lipinski definition) is 3. The van der Waals surface area contributed by atoms with Crippen molar-refractivity contribution in [2.75, 3.05) is 25.1 Å². The molecule has 2 aromatic carbocycles. The van der Waals surface area contributed by atoms with Crippen LogP contribution in [0.4, 0.5) is 5.69 Å². The lowest BCUT2D eigenvalue weighted by Gasteiger charge is -2.09. The van der Waals surface area contributed by atoms with Crippen LogP contribution in [0.5, 0.6) is 11.5 Å². The van der Waals surface area contributed by atoms with Crippen LogP contribution in [0.3, 0.4) is 0 Å². The van der Waals surface area contributed by atoms with Crippen LogP contribution < -0.4 is 14.8 Å². The maximum atomic E-state index is 5.67. The number of rotatable bonds is 7. The summed E-state index contributed by atoms with van der Waals surface area (Å²) in [6, 6.07) is 16.0. The molecule has 0 saturated carbocycles. The van der Waals surface area contributed by atoms with Gasteiger partial charge in [-0.2, -0.15) is 0 Å². The van der Waals surface area contributed by atoms with Gasteiger partial charge in [-0.1, -0.05) is 17.7 Å². The van der Waals surface area contributed by atoms with Crippen LogP contribution in [0.25, 0.3) is 0 Å². The second kappa shape index (κ2) is 7.43. The van der Waals surface area contributed by atoms with Crippen LogP contribution >= 0.6 is 0 Å². The van der Waals surface area contributed by atoms with Crippen molar-refractivity contribution >= 4 is 5.69 Å². The molecule has 0 unspecified atom stereocenters. The molecular formula is C17H21NO2. The third-order valence-corrected chi connectivity index (χ3v) is 2.89. The Kier molecular flexibility index (Phi) is 5.30. The van der Waals surface area contributed by atoms with Gasteiger partial charge in [0.15, 0.2) is 0 Å². The molecule has 0 spiro atoms. The van der Waals surface area contributed by atoms with E-state index in [0.717, 1.165) is 23.7 Å². The fourth-order valence-electron chi connectivity index (χ4n) is 1.83. The highest BCUT2D eigenvalue weighted by molar-refractivity contribution is 5.44. The summed E-state index contributed by atoms with van der Waals surface area (Å²) >= 11 is 0. The largest absolute Gasteiger partial charge is 0.494 e. The Hall–Kier alpha value is -2.16. The monoisotopic (exact) mass is 271 g/mol. The molecule has 0 bridgehead atoms. The normalized spacial score (nSPS) is 10.1. The Balaban J connectivity index is 1.71. The lowest BCUT2D eigenvalue weighted by atomic mass is 10.2. The lowest BCUT2D eigenvalue weighted by molar-refractivity contribution is 0.326. The molecule has 0 saturated heterocycles. The van der Waals surface area contributed by atoms with E-state index in [0.29, 0.717) is 13.2 Å². The minimum absolute atomic E-state index is 0.627. The average molecular weight is 271 g/mol. The Morgan fingerprint density at radius 1 is 0.850 bits per heavy atom. The topological polar surface area (TPSA) is 30.5 Å². The van der Waals surface area contributed by atoms with Crippen LogP contribution in [0.15, 0.2) is 48.5 Å². The average Bonchev–Trinajstić information content (AvgIpc) is 2.47. The molecule has 0 atom stereocenters. The molecular weight excluding hydrogens is 250 g/mol. The zero-order valence-electron chi connectivity index (χ0n) is 12.1. The van der Waals surface area contributed by atoms with Gasteiger partial charge < -0.3 is 14.8 Å². The van der Waals surface area contributed by atoms with Crippen molar-refractivity contribution in [1.82, 2.24) is 0 Å². The fourth-order valence-corrected chi connectivity index (χ4v) is 1.83. The zero-order chi connectivity index (χ0) is 14.2. The number of hydrogen-bond donors (Lipinski definition) is 1. The molecule has 3 heteroatoms. The second-order valence-electron chi connectivity index (χ2n) is 4.55. The first kappa shape index (κ1) is 14.3. The summed E-state index contributed by atoms with van der Waals surface area (Å²) in [7, 11) is 0. The van der Waals surface area contributed by atoms with Crippen molar-refractivity contribution in [3.63, 3.8) is 0 Å². The molecule has 0 aliphatic heterocycles. The quantitative estimate of drug-likeness (QED) is 0.775. The summed E-state index contributed by atoms with van der Waals surface area (Å²) in [5, 5.41) is 3.32. The molecule has 0 heterocycles. The van der Waals surface area contributed by atoms with E-state index < -0.39 is 0 Å². The van der Waals surface area contributed by atoms with Crippen molar-refractivity contribution in [3.05, 3.63) is 54.1 Å². The highest BCUT2D eigenvalue weighted by Crippen LogP contribution is 2.17. The van der Waals surface area contributed by atoms with Gasteiger partial charge in [-0.05, 0) is 50.2 Å². The van der Waals surface area contributed by atoms with Gasteiger partial charge in [0.25, 0.3) is 0 Å². The first-order valence-electron chi connectivity index (χ1n) is 6.94. The third-order valence-electron chi connectivity index (χ3n) is 2.89. The molecule has 0 amide bonds. The Bertz CT molecular complexity index is 506. The van der Waals surface area contributed by atoms with E-state index in [1.807, 2.05) is 31.2 Å². The maximum absolute atomic E-state index is 5.67. The van der Waals surface area contributed by atoms with E-state index in [9.17, 15) is 0 Å². The smallest absolute Gasteiger partial charge is 0.119 e. The lowest BCUT2D eigenvalue weighted by Crippen LogP contribution is -2.11. The minimum atomic E-state index is 0.627. The molecule has 0 fully saturated rings. The predicted octanol–water partition coefficient (Wildman–Crippen LogP) is 3.88. The Morgan fingerprint density at radius 2 is 1.45 bits per heavy atom. The zero-order valence-corrected chi connectivity index (χ0v) is 12.1. The number of aryl methyl sites for hydroxylation is 1. The van der Waals surface area contributed by atoms with Crippen LogP contribution in [0.1, 0.15) is 12.5 Å². The second-order valence-corrected chi connectivity index (χ2v) is 4.55. The van der Waals surface area contributed by atoms with Crippen molar-refractivity contribution in [2.45, 2.75) is 13.8 Å². The van der Waals surface area contributed by atoms with E-state index in [1.54, 1.807) is 0 Å². The SMILES string of the molecule is CCOc1ccc(OCCNc2ccc(C)cc2)cc1. The van der Waals surface area contributed by atoms with E-state index in [-0.39, 0.29) is 0 Å². The molecule has 2 aromatic rings. The van der Waals surface area contributed by atoms with Gasteiger partial charge in [-0.25, -0.2) is 0 Å². The minimum Gasteiger partial charge on any atom is -0.494 e. The molecule has 0 aliphatic carbocycles. The van der Waals surface area contributed by atoms with Crippen LogP contribution in [-0.4, -0.2) is 19.8 Å². The highest BCUT2D eigenvalue weighted by atomic mass is 16.5. The van der Waals surface area contributed by atoms with Crippen molar-refractivity contribution < 1.29 is 9.47 Å². The number of nitrogens with one attached hydrogen (secondary N) is 1. The molecule has 3 nitrogen and oxygen atoms in total. The summed E-state index contributed by atoms with van der Waals surface area (Å²) in [6.45, 7) is 6.14. The van der Waals surface area contributed by atoms with Gasteiger partial charge in [0.2, 0.25) is 0 Å². The Morgan fingerprint density at radius 3 is 2.05 bits per heavy atom. The molecule has 0 aromatic heterocycles. The van der Waals surface area contributed by atoms with E-state index in [2.05, 4.69) is 36.5 Å². The molecule has 106 valence electrons. The summed E-state index contributed by atoms with van der Waals surface area (Å²) in [5.74, 6) is 1.73. The van der Waals surface area contributed by atoms with Crippen molar-refractivity contribution in [2.24, 2.45) is 0 Å². The third kappa shape index (κ3) is 4.50. The van der Waals surface area contributed by atoms with Gasteiger partial charge in [0.05, 0.1) is 6.61 Å². The molecule has 0 aliphatic rings. The van der Waals surface area contributed by atoms with Crippen molar-refractivity contribution in [1.29, 1.82) is 0 Å². The van der Waals surface area contributed by atoms with Crippen LogP contribution in [-0.2, 0) is 0 Å². The fraction of sp³-hybridized carbons (Fsp3) is 0.294. The maximum Gasteiger partial charge on any atom is 0.119 e. The van der Waals surface area contributed by atoms with Crippen LogP contribution in [0, 0.1) is 6.92 Å². The van der Waals surface area contributed by atoms with Gasteiger partial charge >= 0.3 is 0 Å². The Labute approximate surface area is 120 Å². The summed E-state index contributed by atoms with van der Waals surface area (Å²) in [5.41, 5.74) is 2.38. The summed E-state index contributed by atoms with van der Waals surface area (Å²) in [4.78, 5) is 0. The number of anilines is 1.